The lowest BCUT2D eigenvalue weighted by Gasteiger charge is -2.39. The highest BCUT2D eigenvalue weighted by Crippen LogP contribution is 2.51. The Kier molecular flexibility index (Phi) is 6.85. The van der Waals surface area contributed by atoms with E-state index in [1.165, 1.54) is 0 Å². The number of rotatable bonds is 7. The van der Waals surface area contributed by atoms with E-state index in [-0.39, 0.29) is 18.3 Å². The van der Waals surface area contributed by atoms with Gasteiger partial charge in [-0.15, -0.1) is 0 Å². The maximum atomic E-state index is 12.6. The van der Waals surface area contributed by atoms with Gasteiger partial charge in [-0.1, -0.05) is 6.08 Å². The Labute approximate surface area is 211 Å². The SMILES string of the molecule is CCOC(=O)C1=C/C(=C\CN2C=CNC2)c2c(cc3c(c2OC)C[C@@H]([C@](C)(O)C2CCNCC2)O3)O1. The Morgan fingerprint density at radius 1 is 1.33 bits per heavy atom. The normalized spacial score (nSPS) is 23.7. The average Bonchev–Trinajstić information content (AvgIpc) is 3.56. The number of methoxy groups -OCH3 is 1. The topological polar surface area (TPSA) is 102 Å². The molecule has 9 heteroatoms. The molecule has 5 rings (SSSR count). The summed E-state index contributed by atoms with van der Waals surface area (Å²) < 4.78 is 23.5. The van der Waals surface area contributed by atoms with Gasteiger partial charge in [0, 0.05) is 37.0 Å². The van der Waals surface area contributed by atoms with Gasteiger partial charge < -0.3 is 39.6 Å². The minimum atomic E-state index is -0.990. The molecule has 0 spiro atoms. The zero-order chi connectivity index (χ0) is 25.3. The fourth-order valence-electron chi connectivity index (χ4n) is 5.45. The number of fused-ring (bicyclic) bond motifs is 2. The monoisotopic (exact) mass is 497 g/mol. The molecule has 3 N–H and O–H groups in total. The fraction of sp³-hybridized carbons (Fsp3) is 0.519. The highest BCUT2D eigenvalue weighted by molar-refractivity contribution is 5.95. The summed E-state index contributed by atoms with van der Waals surface area (Å²) in [6, 6.07) is 1.81. The third kappa shape index (κ3) is 4.53. The van der Waals surface area contributed by atoms with Crippen molar-refractivity contribution in [2.45, 2.75) is 44.8 Å². The van der Waals surface area contributed by atoms with Gasteiger partial charge in [0.2, 0.25) is 5.76 Å². The molecule has 0 amide bonds. The predicted molar refractivity (Wildman–Crippen MR) is 135 cm³/mol. The van der Waals surface area contributed by atoms with E-state index in [2.05, 4.69) is 15.5 Å². The molecule has 4 heterocycles. The Morgan fingerprint density at radius 3 is 2.83 bits per heavy atom. The van der Waals surface area contributed by atoms with Crippen molar-refractivity contribution < 1.29 is 28.8 Å². The van der Waals surface area contributed by atoms with Crippen molar-refractivity contribution >= 4 is 11.5 Å². The summed E-state index contributed by atoms with van der Waals surface area (Å²) in [7, 11) is 1.63. The average molecular weight is 498 g/mol. The molecule has 0 saturated carbocycles. The summed E-state index contributed by atoms with van der Waals surface area (Å²) in [5.74, 6) is 1.46. The first-order valence-electron chi connectivity index (χ1n) is 12.7. The van der Waals surface area contributed by atoms with Gasteiger partial charge in [-0.2, -0.15) is 0 Å². The minimum Gasteiger partial charge on any atom is -0.496 e. The van der Waals surface area contributed by atoms with Crippen molar-refractivity contribution in [3.05, 3.63) is 47.5 Å². The van der Waals surface area contributed by atoms with Crippen LogP contribution in [0, 0.1) is 5.92 Å². The molecule has 1 aromatic rings. The molecule has 36 heavy (non-hydrogen) atoms. The minimum absolute atomic E-state index is 0.115. The van der Waals surface area contributed by atoms with E-state index in [0.29, 0.717) is 36.9 Å². The lowest BCUT2D eigenvalue weighted by atomic mass is 9.77. The summed E-state index contributed by atoms with van der Waals surface area (Å²) in [5.41, 5.74) is 1.50. The lowest BCUT2D eigenvalue weighted by molar-refractivity contribution is -0.141. The Bertz CT molecular complexity index is 1100. The fourth-order valence-corrected chi connectivity index (χ4v) is 5.45. The third-order valence-electron chi connectivity index (χ3n) is 7.50. The molecule has 194 valence electrons. The first kappa shape index (κ1) is 24.5. The molecule has 9 nitrogen and oxygen atoms in total. The molecule has 0 aromatic heterocycles. The third-order valence-corrected chi connectivity index (χ3v) is 7.50. The molecule has 1 aromatic carbocycles. The van der Waals surface area contributed by atoms with Crippen LogP contribution in [0.15, 0.2) is 36.4 Å². The number of hydrogen-bond donors (Lipinski definition) is 3. The highest BCUT2D eigenvalue weighted by Gasteiger charge is 2.46. The van der Waals surface area contributed by atoms with Crippen LogP contribution in [-0.4, -0.2) is 67.7 Å². The maximum absolute atomic E-state index is 12.6. The Hall–Kier alpha value is -3.17. The number of benzene rings is 1. The molecule has 0 radical (unpaired) electrons. The number of ether oxygens (including phenoxy) is 4. The Balaban J connectivity index is 1.50. The number of hydrogen-bond acceptors (Lipinski definition) is 9. The van der Waals surface area contributed by atoms with Crippen LogP contribution in [0.2, 0.25) is 0 Å². The second kappa shape index (κ2) is 10.1. The zero-order valence-corrected chi connectivity index (χ0v) is 21.1. The second-order valence-electron chi connectivity index (χ2n) is 9.76. The molecule has 0 aliphatic carbocycles. The zero-order valence-electron chi connectivity index (χ0n) is 21.1. The predicted octanol–water partition coefficient (Wildman–Crippen LogP) is 2.31. The Morgan fingerprint density at radius 2 is 2.14 bits per heavy atom. The number of allylic oxidation sites excluding steroid dienone is 2. The van der Waals surface area contributed by atoms with Crippen molar-refractivity contribution in [2.75, 3.05) is 40.0 Å². The van der Waals surface area contributed by atoms with Crippen LogP contribution in [-0.2, 0) is 16.0 Å². The van der Waals surface area contributed by atoms with E-state index >= 15 is 0 Å². The van der Waals surface area contributed by atoms with Crippen LogP contribution < -0.4 is 24.8 Å². The first-order valence-corrected chi connectivity index (χ1v) is 12.7. The van der Waals surface area contributed by atoms with Gasteiger partial charge in [-0.25, -0.2) is 4.79 Å². The summed E-state index contributed by atoms with van der Waals surface area (Å²) in [5, 5.41) is 18.1. The molecule has 4 aliphatic rings. The van der Waals surface area contributed by atoms with Gasteiger partial charge in [0.15, 0.2) is 0 Å². The van der Waals surface area contributed by atoms with Gasteiger partial charge in [-0.05, 0) is 57.3 Å². The smallest absolute Gasteiger partial charge is 0.374 e. The highest BCUT2D eigenvalue weighted by atomic mass is 16.6. The number of aliphatic hydroxyl groups is 1. The van der Waals surface area contributed by atoms with Crippen molar-refractivity contribution in [3.8, 4) is 17.2 Å². The number of nitrogens with zero attached hydrogens (tertiary/aromatic N) is 1. The number of carbonyl (C=O) groups excluding carboxylic acids is 1. The van der Waals surface area contributed by atoms with Crippen molar-refractivity contribution in [3.63, 3.8) is 0 Å². The van der Waals surface area contributed by atoms with Crippen molar-refractivity contribution in [1.29, 1.82) is 0 Å². The quantitative estimate of drug-likeness (QED) is 0.490. The van der Waals surface area contributed by atoms with Crippen LogP contribution in [0.3, 0.4) is 0 Å². The van der Waals surface area contributed by atoms with Crippen LogP contribution >= 0.6 is 0 Å². The molecule has 1 saturated heterocycles. The summed E-state index contributed by atoms with van der Waals surface area (Å²) in [6.45, 7) is 7.02. The van der Waals surface area contributed by atoms with Crippen molar-refractivity contribution in [1.82, 2.24) is 15.5 Å². The van der Waals surface area contributed by atoms with E-state index in [9.17, 15) is 9.90 Å². The number of piperidine rings is 1. The maximum Gasteiger partial charge on any atom is 0.374 e. The molecule has 0 unspecified atom stereocenters. The van der Waals surface area contributed by atoms with Crippen LogP contribution in [0.25, 0.3) is 5.57 Å². The van der Waals surface area contributed by atoms with Gasteiger partial charge in [0.1, 0.15) is 29.0 Å². The number of carbonyl (C=O) groups is 1. The van der Waals surface area contributed by atoms with Gasteiger partial charge >= 0.3 is 5.97 Å². The lowest BCUT2D eigenvalue weighted by Crippen LogP contribution is -2.51. The van der Waals surface area contributed by atoms with Crippen molar-refractivity contribution in [2.24, 2.45) is 5.92 Å². The standard InChI is InChI=1S/C27H35N3O6/c1-4-34-26(31)22-13-17(7-11-30-12-10-29-16-30)24-21(35-22)15-20-19(25(24)33-3)14-23(36-20)27(2,32)18-5-8-28-9-6-18/h7,10,12-13,15,18,23,28-29,32H,4-6,8-9,11,14,16H2,1-3H3/b17-7+/t23-,27+/m0/s1. The van der Waals surface area contributed by atoms with E-state index in [4.69, 9.17) is 18.9 Å². The largest absolute Gasteiger partial charge is 0.496 e. The van der Waals surface area contributed by atoms with E-state index < -0.39 is 17.7 Å². The second-order valence-corrected chi connectivity index (χ2v) is 9.76. The van der Waals surface area contributed by atoms with Gasteiger partial charge in [0.05, 0.1) is 25.9 Å². The molecular weight excluding hydrogens is 462 g/mol. The van der Waals surface area contributed by atoms with E-state index in [0.717, 1.165) is 42.6 Å². The molecule has 4 aliphatic heterocycles. The summed E-state index contributed by atoms with van der Waals surface area (Å²) in [4.78, 5) is 14.7. The summed E-state index contributed by atoms with van der Waals surface area (Å²) in [6.07, 6.45) is 9.57. The first-order chi connectivity index (χ1) is 17.4. The molecule has 2 atom stereocenters. The molecule has 0 bridgehead atoms. The van der Waals surface area contributed by atoms with Gasteiger partial charge in [0.25, 0.3) is 0 Å². The van der Waals surface area contributed by atoms with E-state index in [1.807, 2.05) is 31.5 Å². The number of nitrogens with one attached hydrogen (secondary N) is 2. The van der Waals surface area contributed by atoms with Crippen LogP contribution in [0.4, 0.5) is 0 Å². The molecule has 1 fully saturated rings. The van der Waals surface area contributed by atoms with E-state index in [1.54, 1.807) is 20.1 Å². The van der Waals surface area contributed by atoms with Crippen LogP contribution in [0.1, 0.15) is 37.8 Å². The summed E-state index contributed by atoms with van der Waals surface area (Å²) >= 11 is 0. The number of esters is 1. The van der Waals surface area contributed by atoms with Gasteiger partial charge in [-0.3, -0.25) is 0 Å². The van der Waals surface area contributed by atoms with Crippen LogP contribution in [0.5, 0.6) is 17.2 Å². The molecular formula is C27H35N3O6.